The van der Waals surface area contributed by atoms with E-state index in [1.54, 1.807) is 42.5 Å². The summed E-state index contributed by atoms with van der Waals surface area (Å²) in [6.45, 7) is 1.59. The molecule has 2 aromatic rings. The Morgan fingerprint density at radius 2 is 1.90 bits per heavy atom. The molecule has 0 radical (unpaired) electrons. The minimum atomic E-state index is -3.95. The van der Waals surface area contributed by atoms with Crippen LogP contribution in [0.5, 0.6) is 5.75 Å². The first-order valence-electron chi connectivity index (χ1n) is 10.4. The van der Waals surface area contributed by atoms with Crippen molar-refractivity contribution in [3.8, 4) is 5.75 Å². The summed E-state index contributed by atoms with van der Waals surface area (Å²) in [6.07, 6.45) is 4.55. The maximum absolute atomic E-state index is 13.5. The van der Waals surface area contributed by atoms with E-state index in [4.69, 9.17) is 4.74 Å². The number of fused-ring (bicyclic) bond motifs is 2. The lowest BCUT2D eigenvalue weighted by Gasteiger charge is -2.28. The van der Waals surface area contributed by atoms with E-state index < -0.39 is 10.0 Å². The molecule has 0 unspecified atom stereocenters. The molecule has 0 saturated heterocycles. The van der Waals surface area contributed by atoms with E-state index in [1.807, 2.05) is 13.0 Å². The lowest BCUT2D eigenvalue weighted by atomic mass is 9.95. The predicted molar refractivity (Wildman–Crippen MR) is 116 cm³/mol. The number of nitrogens with zero attached hydrogens (tertiary/aromatic N) is 1. The molecule has 0 aromatic heterocycles. The van der Waals surface area contributed by atoms with Gasteiger partial charge in [0.15, 0.2) is 0 Å². The quantitative estimate of drug-likeness (QED) is 0.732. The number of nitrogens with one attached hydrogen (secondary N) is 1. The number of carbonyl (C=O) groups excluding carboxylic acids is 1. The number of benzene rings is 2. The third-order valence-corrected chi connectivity index (χ3v) is 8.08. The van der Waals surface area contributed by atoms with Gasteiger partial charge in [0.25, 0.3) is 10.0 Å². The molecule has 7 heteroatoms. The maximum atomic E-state index is 13.5. The molecule has 2 saturated carbocycles. The fraction of sp³-hybridized carbons (Fsp3) is 0.435. The van der Waals surface area contributed by atoms with Gasteiger partial charge in [-0.2, -0.15) is 0 Å². The Balaban J connectivity index is 1.65. The van der Waals surface area contributed by atoms with Gasteiger partial charge in [0.2, 0.25) is 5.91 Å². The Morgan fingerprint density at radius 1 is 1.13 bits per heavy atom. The van der Waals surface area contributed by atoms with E-state index in [1.165, 1.54) is 20.0 Å². The van der Waals surface area contributed by atoms with Crippen LogP contribution in [0.2, 0.25) is 0 Å². The van der Waals surface area contributed by atoms with Crippen molar-refractivity contribution in [3.63, 3.8) is 0 Å². The molecule has 1 amide bonds. The van der Waals surface area contributed by atoms with E-state index in [2.05, 4.69) is 5.32 Å². The molecule has 6 nitrogen and oxygen atoms in total. The van der Waals surface area contributed by atoms with Crippen LogP contribution in [-0.2, 0) is 14.8 Å². The van der Waals surface area contributed by atoms with Crippen LogP contribution in [0.4, 0.5) is 5.69 Å². The second-order valence-electron chi connectivity index (χ2n) is 8.35. The highest BCUT2D eigenvalue weighted by molar-refractivity contribution is 7.92. The molecule has 160 valence electrons. The second-order valence-corrected chi connectivity index (χ2v) is 10.2. The zero-order chi connectivity index (χ0) is 21.3. The lowest BCUT2D eigenvalue weighted by Crippen LogP contribution is -2.46. The summed E-state index contributed by atoms with van der Waals surface area (Å²) < 4.78 is 33.6. The fourth-order valence-corrected chi connectivity index (χ4v) is 6.26. The molecule has 4 rings (SSSR count). The predicted octanol–water partition coefficient (Wildman–Crippen LogP) is 3.50. The molecular weight excluding hydrogens is 400 g/mol. The highest BCUT2D eigenvalue weighted by Gasteiger charge is 2.40. The summed E-state index contributed by atoms with van der Waals surface area (Å²) in [5, 5.41) is 3.10. The van der Waals surface area contributed by atoms with Crippen LogP contribution >= 0.6 is 0 Å². The van der Waals surface area contributed by atoms with Crippen molar-refractivity contribution >= 4 is 21.6 Å². The third kappa shape index (κ3) is 4.03. The van der Waals surface area contributed by atoms with Crippen LogP contribution in [0, 0.1) is 18.8 Å². The van der Waals surface area contributed by atoms with Crippen molar-refractivity contribution in [2.24, 2.45) is 11.8 Å². The molecule has 2 aromatic carbocycles. The maximum Gasteiger partial charge on any atom is 0.264 e. The van der Waals surface area contributed by atoms with Crippen LogP contribution < -0.4 is 14.4 Å². The molecule has 0 spiro atoms. The van der Waals surface area contributed by atoms with E-state index >= 15 is 0 Å². The normalized spacial score (nSPS) is 22.7. The van der Waals surface area contributed by atoms with Gasteiger partial charge in [-0.3, -0.25) is 9.10 Å². The van der Waals surface area contributed by atoms with Crippen molar-refractivity contribution in [1.82, 2.24) is 5.32 Å². The molecular formula is C23H28N2O4S. The number of carbonyl (C=O) groups is 1. The van der Waals surface area contributed by atoms with E-state index in [-0.39, 0.29) is 23.4 Å². The summed E-state index contributed by atoms with van der Waals surface area (Å²) in [7, 11) is -2.45. The number of anilines is 1. The van der Waals surface area contributed by atoms with Crippen molar-refractivity contribution < 1.29 is 17.9 Å². The average molecular weight is 429 g/mol. The van der Waals surface area contributed by atoms with E-state index in [9.17, 15) is 13.2 Å². The van der Waals surface area contributed by atoms with Gasteiger partial charge in [0.05, 0.1) is 17.7 Å². The Morgan fingerprint density at radius 3 is 2.53 bits per heavy atom. The molecule has 3 atom stereocenters. The number of amides is 1. The fourth-order valence-electron chi connectivity index (χ4n) is 4.82. The molecule has 2 aliphatic carbocycles. The Kier molecular flexibility index (Phi) is 5.73. The number of aryl methyl sites for hydroxylation is 1. The molecule has 30 heavy (non-hydrogen) atoms. The van der Waals surface area contributed by atoms with Gasteiger partial charge in [-0.05, 0) is 67.9 Å². The summed E-state index contributed by atoms with van der Waals surface area (Å²) in [5.41, 5.74) is 1.25. The van der Waals surface area contributed by atoms with Gasteiger partial charge in [-0.25, -0.2) is 8.42 Å². The van der Waals surface area contributed by atoms with Crippen molar-refractivity contribution in [2.45, 2.75) is 43.5 Å². The smallest absolute Gasteiger partial charge is 0.264 e. The number of hydrogen-bond acceptors (Lipinski definition) is 4. The highest BCUT2D eigenvalue weighted by atomic mass is 32.2. The molecule has 1 N–H and O–H groups in total. The van der Waals surface area contributed by atoms with Crippen LogP contribution in [0.1, 0.15) is 31.2 Å². The number of methoxy groups -OCH3 is 1. The minimum absolute atomic E-state index is 0.140. The first-order valence-corrected chi connectivity index (χ1v) is 11.8. The van der Waals surface area contributed by atoms with Crippen molar-refractivity contribution in [2.75, 3.05) is 18.0 Å². The molecule has 2 aliphatic rings. The minimum Gasteiger partial charge on any atom is -0.495 e. The number of rotatable bonds is 7. The Hall–Kier alpha value is -2.54. The van der Waals surface area contributed by atoms with Gasteiger partial charge in [0, 0.05) is 6.04 Å². The van der Waals surface area contributed by atoms with Gasteiger partial charge < -0.3 is 10.1 Å². The molecule has 0 aliphatic heterocycles. The summed E-state index contributed by atoms with van der Waals surface area (Å²) >= 11 is 0. The Bertz CT molecular complexity index is 1020. The topological polar surface area (TPSA) is 75.7 Å². The van der Waals surface area contributed by atoms with Crippen molar-refractivity contribution in [1.29, 1.82) is 0 Å². The first kappa shape index (κ1) is 20.7. The molecule has 2 fully saturated rings. The largest absolute Gasteiger partial charge is 0.495 e. The van der Waals surface area contributed by atoms with Crippen LogP contribution in [-0.4, -0.2) is 34.0 Å². The first-order chi connectivity index (χ1) is 14.4. The number of sulfonamides is 1. The summed E-state index contributed by atoms with van der Waals surface area (Å²) in [5.74, 6) is 1.34. The van der Waals surface area contributed by atoms with E-state index in [0.29, 0.717) is 23.3 Å². The molecule has 2 bridgehead atoms. The van der Waals surface area contributed by atoms with Crippen molar-refractivity contribution in [3.05, 3.63) is 54.1 Å². The zero-order valence-electron chi connectivity index (χ0n) is 17.4. The van der Waals surface area contributed by atoms with Crippen LogP contribution in [0.15, 0.2) is 53.4 Å². The van der Waals surface area contributed by atoms with Gasteiger partial charge >= 0.3 is 0 Å². The lowest BCUT2D eigenvalue weighted by molar-refractivity contribution is -0.120. The van der Waals surface area contributed by atoms with E-state index in [0.717, 1.165) is 22.7 Å². The second kappa shape index (κ2) is 8.30. The van der Waals surface area contributed by atoms with Crippen LogP contribution in [0.25, 0.3) is 0 Å². The van der Waals surface area contributed by atoms with Gasteiger partial charge in [-0.15, -0.1) is 0 Å². The van der Waals surface area contributed by atoms with Gasteiger partial charge in [-0.1, -0.05) is 30.7 Å². The zero-order valence-corrected chi connectivity index (χ0v) is 18.2. The molecule has 0 heterocycles. The monoisotopic (exact) mass is 428 g/mol. The number of hydrogen-bond donors (Lipinski definition) is 1. The number of ether oxygens (including phenoxy) is 1. The summed E-state index contributed by atoms with van der Waals surface area (Å²) in [6, 6.07) is 13.7. The SMILES string of the molecule is COc1ccc(C)cc1N(CC(=O)N[C@H]1C[C@@H]2CC[C@H]1C2)S(=O)(=O)c1ccccc1. The standard InChI is InChI=1S/C23H28N2O4S/c1-16-8-11-22(29-2)21(12-16)25(30(27,28)19-6-4-3-5-7-19)15-23(26)24-20-14-17-9-10-18(20)13-17/h3-8,11-12,17-18,20H,9-10,13-15H2,1-2H3,(H,24,26)/t17-,18+,20+/m1/s1. The highest BCUT2D eigenvalue weighted by Crippen LogP contribution is 2.44. The Labute approximate surface area is 178 Å². The average Bonchev–Trinajstić information content (AvgIpc) is 3.36. The third-order valence-electron chi connectivity index (χ3n) is 6.31. The van der Waals surface area contributed by atoms with Crippen LogP contribution in [0.3, 0.4) is 0 Å². The summed E-state index contributed by atoms with van der Waals surface area (Å²) in [4.78, 5) is 13.1. The van der Waals surface area contributed by atoms with Gasteiger partial charge in [0.1, 0.15) is 12.3 Å².